The molecule has 1 amide bonds. The molecule has 0 atom stereocenters. The molecule has 2 aromatic heterocycles. The second-order valence-corrected chi connectivity index (χ2v) is 8.47. The van der Waals surface area contributed by atoms with E-state index >= 15 is 0 Å². The average Bonchev–Trinajstić information content (AvgIpc) is 3.31. The monoisotopic (exact) mass is 390 g/mol. The topological polar surface area (TPSA) is 82.8 Å². The smallest absolute Gasteiger partial charge is 0.274 e. The third-order valence-corrected chi connectivity index (χ3v) is 6.41. The Kier molecular flexibility index (Phi) is 5.40. The lowest BCUT2D eigenvalue weighted by Crippen LogP contribution is -2.35. The zero-order valence-electron chi connectivity index (χ0n) is 15.7. The maximum absolute atomic E-state index is 12.6. The molecule has 2 saturated heterocycles. The molecule has 8 nitrogen and oxygen atoms in total. The maximum atomic E-state index is 12.6. The van der Waals surface area contributed by atoms with Crippen LogP contribution in [0, 0.1) is 5.92 Å². The minimum atomic E-state index is -0.401. The van der Waals surface area contributed by atoms with Crippen molar-refractivity contribution >= 4 is 27.3 Å². The van der Waals surface area contributed by atoms with Crippen LogP contribution in [0.4, 0.5) is 5.13 Å². The molecule has 4 heterocycles. The van der Waals surface area contributed by atoms with Gasteiger partial charge in [-0.2, -0.15) is 9.50 Å². The summed E-state index contributed by atoms with van der Waals surface area (Å²) in [5.74, 6) is 0.458. The highest BCUT2D eigenvalue weighted by molar-refractivity contribution is 7.20. The number of piperidine rings is 1. The van der Waals surface area contributed by atoms with E-state index in [0.29, 0.717) is 11.5 Å². The van der Waals surface area contributed by atoms with Crippen molar-refractivity contribution in [3.05, 3.63) is 22.1 Å². The van der Waals surface area contributed by atoms with Gasteiger partial charge in [-0.3, -0.25) is 9.59 Å². The van der Waals surface area contributed by atoms with Crippen LogP contribution in [0.5, 0.6) is 0 Å². The van der Waals surface area contributed by atoms with Crippen LogP contribution in [-0.2, 0) is 0 Å². The summed E-state index contributed by atoms with van der Waals surface area (Å²) in [6.07, 6.45) is 4.71. The SMILES string of the molecule is CC1CCN(c2nn3c(C(=O)NCCN4CCCC4)cc(=O)nc3s2)CC1. The number of carbonyl (C=O) groups is 1. The number of hydrogen-bond acceptors (Lipinski definition) is 7. The van der Waals surface area contributed by atoms with Gasteiger partial charge in [0.05, 0.1) is 0 Å². The van der Waals surface area contributed by atoms with Crippen molar-refractivity contribution < 1.29 is 4.79 Å². The molecular weight excluding hydrogens is 364 g/mol. The molecule has 4 rings (SSSR count). The van der Waals surface area contributed by atoms with Crippen molar-refractivity contribution in [3.8, 4) is 0 Å². The zero-order chi connectivity index (χ0) is 18.8. The highest BCUT2D eigenvalue weighted by Crippen LogP contribution is 2.27. The first-order chi connectivity index (χ1) is 13.1. The minimum absolute atomic E-state index is 0.263. The summed E-state index contributed by atoms with van der Waals surface area (Å²) in [7, 11) is 0. The van der Waals surface area contributed by atoms with Crippen molar-refractivity contribution in [2.24, 2.45) is 5.92 Å². The Balaban J connectivity index is 1.51. The fourth-order valence-corrected chi connectivity index (χ4v) is 4.68. The summed E-state index contributed by atoms with van der Waals surface area (Å²) in [4.78, 5) is 33.7. The summed E-state index contributed by atoms with van der Waals surface area (Å²) in [5, 5.41) is 8.35. The van der Waals surface area contributed by atoms with Crippen molar-refractivity contribution in [1.29, 1.82) is 0 Å². The number of amides is 1. The molecule has 1 N–H and O–H groups in total. The molecular formula is C18H26N6O2S. The number of rotatable bonds is 5. The number of nitrogens with zero attached hydrogens (tertiary/aromatic N) is 5. The van der Waals surface area contributed by atoms with E-state index in [-0.39, 0.29) is 11.6 Å². The Labute approximate surface area is 162 Å². The van der Waals surface area contributed by atoms with E-state index in [1.165, 1.54) is 34.8 Å². The van der Waals surface area contributed by atoms with Gasteiger partial charge in [0.25, 0.3) is 11.5 Å². The zero-order valence-corrected chi connectivity index (χ0v) is 16.5. The van der Waals surface area contributed by atoms with E-state index in [1.807, 2.05) is 0 Å². The number of nitrogens with one attached hydrogen (secondary N) is 1. The Hall–Kier alpha value is -2.00. The molecule has 0 saturated carbocycles. The predicted octanol–water partition coefficient (Wildman–Crippen LogP) is 1.21. The van der Waals surface area contributed by atoms with Crippen LogP contribution in [0.1, 0.15) is 43.1 Å². The molecule has 146 valence electrons. The largest absolute Gasteiger partial charge is 0.349 e. The Morgan fingerprint density at radius 1 is 1.26 bits per heavy atom. The van der Waals surface area contributed by atoms with Crippen LogP contribution in [0.3, 0.4) is 0 Å². The summed E-state index contributed by atoms with van der Waals surface area (Å²) in [5.41, 5.74) is -0.138. The lowest BCUT2D eigenvalue weighted by Gasteiger charge is -2.29. The Bertz CT molecular complexity index is 864. The number of fused-ring (bicyclic) bond motifs is 1. The van der Waals surface area contributed by atoms with E-state index in [4.69, 9.17) is 0 Å². The normalized spacial score (nSPS) is 19.1. The molecule has 2 aliphatic heterocycles. The molecule has 27 heavy (non-hydrogen) atoms. The van der Waals surface area contributed by atoms with Gasteiger partial charge in [-0.25, -0.2) is 0 Å². The van der Waals surface area contributed by atoms with Crippen LogP contribution in [-0.4, -0.2) is 64.7 Å². The van der Waals surface area contributed by atoms with Crippen LogP contribution in [0.25, 0.3) is 4.96 Å². The summed E-state index contributed by atoms with van der Waals surface area (Å²) >= 11 is 1.37. The summed E-state index contributed by atoms with van der Waals surface area (Å²) in [6, 6.07) is 1.28. The molecule has 0 bridgehead atoms. The Morgan fingerprint density at radius 3 is 2.74 bits per heavy atom. The van der Waals surface area contributed by atoms with Crippen LogP contribution in [0.2, 0.25) is 0 Å². The van der Waals surface area contributed by atoms with Crippen molar-refractivity contribution in [2.75, 3.05) is 44.2 Å². The van der Waals surface area contributed by atoms with Crippen molar-refractivity contribution in [3.63, 3.8) is 0 Å². The quantitative estimate of drug-likeness (QED) is 0.826. The molecule has 2 fully saturated rings. The molecule has 0 aliphatic carbocycles. The molecule has 0 radical (unpaired) electrons. The summed E-state index contributed by atoms with van der Waals surface area (Å²) in [6.45, 7) is 7.76. The van der Waals surface area contributed by atoms with E-state index in [2.05, 4.69) is 32.1 Å². The lowest BCUT2D eigenvalue weighted by atomic mass is 10.00. The molecule has 0 unspecified atom stereocenters. The van der Waals surface area contributed by atoms with Crippen LogP contribution in [0.15, 0.2) is 10.9 Å². The van der Waals surface area contributed by atoms with Gasteiger partial charge in [-0.05, 0) is 44.7 Å². The standard InChI is InChI=1S/C18H26N6O2S/c1-13-4-9-23(10-5-13)18-21-24-14(12-15(25)20-17(24)27-18)16(26)19-6-11-22-7-2-3-8-22/h12-13H,2-11H2,1H3,(H,19,26). The van der Waals surface area contributed by atoms with E-state index in [9.17, 15) is 9.59 Å². The Morgan fingerprint density at radius 2 is 2.00 bits per heavy atom. The van der Waals surface area contributed by atoms with E-state index < -0.39 is 5.56 Å². The number of aromatic nitrogens is 3. The van der Waals surface area contributed by atoms with Crippen molar-refractivity contribution in [1.82, 2.24) is 24.8 Å². The van der Waals surface area contributed by atoms with Gasteiger partial charge < -0.3 is 15.1 Å². The molecule has 2 aliphatic rings. The summed E-state index contributed by atoms with van der Waals surface area (Å²) < 4.78 is 1.52. The first-order valence-electron chi connectivity index (χ1n) is 9.76. The highest BCUT2D eigenvalue weighted by Gasteiger charge is 2.22. The molecule has 2 aromatic rings. The second kappa shape index (κ2) is 7.93. The predicted molar refractivity (Wildman–Crippen MR) is 106 cm³/mol. The van der Waals surface area contributed by atoms with Gasteiger partial charge in [0, 0.05) is 32.2 Å². The van der Waals surface area contributed by atoms with E-state index in [0.717, 1.165) is 56.6 Å². The van der Waals surface area contributed by atoms with Gasteiger partial charge in [0.1, 0.15) is 5.69 Å². The fraction of sp³-hybridized carbons (Fsp3) is 0.667. The van der Waals surface area contributed by atoms with Gasteiger partial charge >= 0.3 is 0 Å². The third kappa shape index (κ3) is 4.14. The first kappa shape index (κ1) is 18.4. The van der Waals surface area contributed by atoms with Crippen molar-refractivity contribution in [2.45, 2.75) is 32.6 Å². The lowest BCUT2D eigenvalue weighted by molar-refractivity contribution is 0.0942. The second-order valence-electron chi connectivity index (χ2n) is 7.53. The van der Waals surface area contributed by atoms with E-state index in [1.54, 1.807) is 0 Å². The van der Waals surface area contributed by atoms with Crippen LogP contribution < -0.4 is 15.8 Å². The average molecular weight is 391 g/mol. The molecule has 0 aromatic carbocycles. The molecule has 9 heteroatoms. The first-order valence-corrected chi connectivity index (χ1v) is 10.6. The minimum Gasteiger partial charge on any atom is -0.349 e. The number of likely N-dealkylation sites (tertiary alicyclic amines) is 1. The number of anilines is 1. The van der Waals surface area contributed by atoms with Gasteiger partial charge in [0.15, 0.2) is 0 Å². The highest BCUT2D eigenvalue weighted by atomic mass is 32.1. The van der Waals surface area contributed by atoms with Gasteiger partial charge in [0.2, 0.25) is 10.1 Å². The number of carbonyl (C=O) groups excluding carboxylic acids is 1. The van der Waals surface area contributed by atoms with Gasteiger partial charge in [-0.15, -0.1) is 5.10 Å². The van der Waals surface area contributed by atoms with Crippen LogP contribution >= 0.6 is 11.3 Å². The maximum Gasteiger partial charge on any atom is 0.274 e. The third-order valence-electron chi connectivity index (χ3n) is 5.44. The number of hydrogen-bond donors (Lipinski definition) is 1. The molecule has 0 spiro atoms. The van der Waals surface area contributed by atoms with Gasteiger partial charge in [-0.1, -0.05) is 18.3 Å². The fourth-order valence-electron chi connectivity index (χ4n) is 3.72.